The van der Waals surface area contributed by atoms with E-state index in [-0.39, 0.29) is 23.9 Å². The molecular formula is C19H26O3. The van der Waals surface area contributed by atoms with Crippen LogP contribution in [0.25, 0.3) is 0 Å². The first-order valence-corrected chi connectivity index (χ1v) is 7.84. The highest BCUT2D eigenvalue weighted by molar-refractivity contribution is 6.16. The molecule has 3 heteroatoms. The molecule has 22 heavy (non-hydrogen) atoms. The molecule has 1 rings (SSSR count). The van der Waals surface area contributed by atoms with Gasteiger partial charge in [-0.2, -0.15) is 0 Å². The second kappa shape index (κ2) is 8.52. The number of carbonyl (C=O) groups is 2. The average molecular weight is 302 g/mol. The predicted octanol–water partition coefficient (Wildman–Crippen LogP) is 4.38. The molecule has 1 atom stereocenters. The molecule has 0 amide bonds. The zero-order valence-corrected chi connectivity index (χ0v) is 14.2. The molecule has 0 bridgehead atoms. The largest absolute Gasteiger partial charge is 0.462 e. The number of benzene rings is 1. The minimum atomic E-state index is -0.530. The molecular weight excluding hydrogens is 276 g/mol. The topological polar surface area (TPSA) is 43.4 Å². The first kappa shape index (κ1) is 18.1. The minimum Gasteiger partial charge on any atom is -0.462 e. The quantitative estimate of drug-likeness (QED) is 0.325. The molecule has 1 aromatic rings. The second-order valence-corrected chi connectivity index (χ2v) is 5.86. The number of hydrogen-bond donors (Lipinski definition) is 0. The van der Waals surface area contributed by atoms with Gasteiger partial charge in [0.15, 0.2) is 5.78 Å². The van der Waals surface area contributed by atoms with Crippen LogP contribution in [0.2, 0.25) is 0 Å². The van der Waals surface area contributed by atoms with E-state index in [1.165, 1.54) is 18.1 Å². The van der Waals surface area contributed by atoms with E-state index in [0.29, 0.717) is 12.3 Å². The normalized spacial score (nSPS) is 13.1. The van der Waals surface area contributed by atoms with Crippen molar-refractivity contribution in [1.29, 1.82) is 0 Å². The van der Waals surface area contributed by atoms with Crippen LogP contribution >= 0.6 is 0 Å². The van der Waals surface area contributed by atoms with Gasteiger partial charge in [0.2, 0.25) is 0 Å². The summed E-state index contributed by atoms with van der Waals surface area (Å²) in [7, 11) is 0. The summed E-state index contributed by atoms with van der Waals surface area (Å²) in [5, 5.41) is 0. The number of esters is 1. The Kier molecular flexibility index (Phi) is 7.03. The molecule has 0 fully saturated rings. The summed E-state index contributed by atoms with van der Waals surface area (Å²) in [6, 6.07) is 8.46. The standard InChI is InChI=1S/C19H26O3/c1-6-22-19(21)18(15(5)20)11-10-14(4)17-9-7-8-16(12-17)13(2)3/h7-9,11-14H,6,10H2,1-5H3/b18-11+. The Morgan fingerprint density at radius 2 is 1.82 bits per heavy atom. The first-order chi connectivity index (χ1) is 10.4. The van der Waals surface area contributed by atoms with E-state index in [4.69, 9.17) is 4.74 Å². The maximum Gasteiger partial charge on any atom is 0.341 e. The third-order valence-corrected chi connectivity index (χ3v) is 3.70. The summed E-state index contributed by atoms with van der Waals surface area (Å²) < 4.78 is 4.93. The molecule has 1 aromatic carbocycles. The van der Waals surface area contributed by atoms with Gasteiger partial charge in [-0.05, 0) is 43.2 Å². The molecule has 0 radical (unpaired) electrons. The van der Waals surface area contributed by atoms with E-state index in [1.807, 2.05) is 0 Å². The average Bonchev–Trinajstić information content (AvgIpc) is 2.47. The minimum absolute atomic E-state index is 0.147. The van der Waals surface area contributed by atoms with Crippen LogP contribution in [0.15, 0.2) is 35.9 Å². The van der Waals surface area contributed by atoms with Crippen LogP contribution < -0.4 is 0 Å². The fraction of sp³-hybridized carbons (Fsp3) is 0.474. The molecule has 0 saturated carbocycles. The number of carbonyl (C=O) groups excluding carboxylic acids is 2. The lowest BCUT2D eigenvalue weighted by molar-refractivity contribution is -0.139. The Morgan fingerprint density at radius 1 is 1.18 bits per heavy atom. The summed E-state index contributed by atoms with van der Waals surface area (Å²) in [5.74, 6) is -0.0582. The highest BCUT2D eigenvalue weighted by Gasteiger charge is 2.16. The van der Waals surface area contributed by atoms with Crippen LogP contribution in [0.3, 0.4) is 0 Å². The van der Waals surface area contributed by atoms with E-state index in [1.54, 1.807) is 13.0 Å². The van der Waals surface area contributed by atoms with Crippen LogP contribution in [0, 0.1) is 0 Å². The summed E-state index contributed by atoms with van der Waals surface area (Å²) >= 11 is 0. The number of allylic oxidation sites excluding steroid dienone is 1. The van der Waals surface area contributed by atoms with Gasteiger partial charge in [-0.15, -0.1) is 0 Å². The van der Waals surface area contributed by atoms with Crippen molar-refractivity contribution in [3.63, 3.8) is 0 Å². The van der Waals surface area contributed by atoms with Crippen LogP contribution in [0.1, 0.15) is 64.0 Å². The number of hydrogen-bond acceptors (Lipinski definition) is 3. The van der Waals surface area contributed by atoms with E-state index in [0.717, 1.165) is 0 Å². The first-order valence-electron chi connectivity index (χ1n) is 7.84. The van der Waals surface area contributed by atoms with Gasteiger partial charge >= 0.3 is 5.97 Å². The Morgan fingerprint density at radius 3 is 2.36 bits per heavy atom. The van der Waals surface area contributed by atoms with E-state index < -0.39 is 5.97 Å². The van der Waals surface area contributed by atoms with Crippen LogP contribution in [-0.4, -0.2) is 18.4 Å². The predicted molar refractivity (Wildman–Crippen MR) is 89.0 cm³/mol. The highest BCUT2D eigenvalue weighted by Crippen LogP contribution is 2.24. The third kappa shape index (κ3) is 5.14. The Bertz CT molecular complexity index is 556. The lowest BCUT2D eigenvalue weighted by Crippen LogP contribution is -2.14. The molecule has 0 aliphatic rings. The number of Topliss-reactive ketones (excluding diaryl/α,β-unsaturated/α-hetero) is 1. The summed E-state index contributed by atoms with van der Waals surface area (Å²) in [6.45, 7) is 9.83. The summed E-state index contributed by atoms with van der Waals surface area (Å²) in [6.07, 6.45) is 2.34. The molecule has 0 aliphatic carbocycles. The SMILES string of the molecule is CCOC(=O)/C(=C/CC(C)c1cccc(C(C)C)c1)C(C)=O. The molecule has 1 unspecified atom stereocenters. The van der Waals surface area contributed by atoms with Gasteiger partial charge in [0, 0.05) is 0 Å². The van der Waals surface area contributed by atoms with Crippen molar-refractivity contribution >= 4 is 11.8 Å². The van der Waals surface area contributed by atoms with Crippen molar-refractivity contribution in [3.05, 3.63) is 47.0 Å². The number of rotatable bonds is 7. The van der Waals surface area contributed by atoms with Crippen molar-refractivity contribution in [3.8, 4) is 0 Å². The zero-order valence-electron chi connectivity index (χ0n) is 14.2. The third-order valence-electron chi connectivity index (χ3n) is 3.70. The fourth-order valence-corrected chi connectivity index (χ4v) is 2.23. The maximum absolute atomic E-state index is 11.8. The molecule has 0 aliphatic heterocycles. The van der Waals surface area contributed by atoms with Crippen molar-refractivity contribution < 1.29 is 14.3 Å². The lowest BCUT2D eigenvalue weighted by Gasteiger charge is -2.13. The Balaban J connectivity index is 2.88. The van der Waals surface area contributed by atoms with Crippen LogP contribution in [0.5, 0.6) is 0 Å². The van der Waals surface area contributed by atoms with Gasteiger partial charge in [0.25, 0.3) is 0 Å². The Labute approximate surface area is 133 Å². The van der Waals surface area contributed by atoms with Crippen LogP contribution in [0.4, 0.5) is 0 Å². The number of ether oxygens (including phenoxy) is 1. The molecule has 0 saturated heterocycles. The Hall–Kier alpha value is -1.90. The van der Waals surface area contributed by atoms with Gasteiger partial charge in [0.1, 0.15) is 0 Å². The molecule has 0 N–H and O–H groups in total. The van der Waals surface area contributed by atoms with Gasteiger partial charge in [-0.1, -0.05) is 51.1 Å². The molecule has 120 valence electrons. The van der Waals surface area contributed by atoms with Gasteiger partial charge in [-0.3, -0.25) is 4.79 Å². The van der Waals surface area contributed by atoms with Crippen molar-refractivity contribution in [1.82, 2.24) is 0 Å². The monoisotopic (exact) mass is 302 g/mol. The highest BCUT2D eigenvalue weighted by atomic mass is 16.5. The summed E-state index contributed by atoms with van der Waals surface area (Å²) in [5.41, 5.74) is 2.66. The van der Waals surface area contributed by atoms with Crippen molar-refractivity contribution in [2.45, 2.75) is 52.9 Å². The van der Waals surface area contributed by atoms with E-state index >= 15 is 0 Å². The number of ketones is 1. The van der Waals surface area contributed by atoms with Crippen molar-refractivity contribution in [2.24, 2.45) is 0 Å². The van der Waals surface area contributed by atoms with Gasteiger partial charge in [0.05, 0.1) is 12.2 Å². The lowest BCUT2D eigenvalue weighted by atomic mass is 9.92. The second-order valence-electron chi connectivity index (χ2n) is 5.86. The molecule has 3 nitrogen and oxygen atoms in total. The van der Waals surface area contributed by atoms with Gasteiger partial charge < -0.3 is 4.74 Å². The van der Waals surface area contributed by atoms with Gasteiger partial charge in [-0.25, -0.2) is 4.79 Å². The maximum atomic E-state index is 11.8. The molecule has 0 aromatic heterocycles. The van der Waals surface area contributed by atoms with Crippen LogP contribution in [-0.2, 0) is 14.3 Å². The smallest absolute Gasteiger partial charge is 0.341 e. The van der Waals surface area contributed by atoms with Crippen molar-refractivity contribution in [2.75, 3.05) is 6.61 Å². The fourth-order valence-electron chi connectivity index (χ4n) is 2.23. The summed E-state index contributed by atoms with van der Waals surface area (Å²) in [4.78, 5) is 23.3. The molecule has 0 spiro atoms. The zero-order chi connectivity index (χ0) is 16.7. The van der Waals surface area contributed by atoms with E-state index in [9.17, 15) is 9.59 Å². The molecule has 0 heterocycles. The van der Waals surface area contributed by atoms with E-state index in [2.05, 4.69) is 45.0 Å².